The van der Waals surface area contributed by atoms with E-state index in [1.54, 1.807) is 13.2 Å². The monoisotopic (exact) mass is 251 g/mol. The van der Waals surface area contributed by atoms with Crippen molar-refractivity contribution >= 4 is 12.0 Å². The highest BCUT2D eigenvalue weighted by Crippen LogP contribution is 2.27. The Bertz CT molecular complexity index is 436. The predicted molar refractivity (Wildman–Crippen MR) is 68.6 cm³/mol. The second-order valence-electron chi connectivity index (χ2n) is 4.79. The maximum absolute atomic E-state index is 13.4. The first kappa shape index (κ1) is 13.0. The summed E-state index contributed by atoms with van der Waals surface area (Å²) in [5, 5.41) is 0. The number of aldehydes is 1. The van der Waals surface area contributed by atoms with Crippen molar-refractivity contribution in [3.63, 3.8) is 0 Å². The van der Waals surface area contributed by atoms with Gasteiger partial charge in [-0.1, -0.05) is 0 Å². The van der Waals surface area contributed by atoms with Gasteiger partial charge in [-0.3, -0.25) is 4.79 Å². The predicted octanol–water partition coefficient (Wildman–Crippen LogP) is 2.64. The van der Waals surface area contributed by atoms with Gasteiger partial charge in [-0.05, 0) is 38.0 Å². The number of rotatable bonds is 3. The molecule has 0 spiro atoms. The molecule has 1 heterocycles. The summed E-state index contributed by atoms with van der Waals surface area (Å²) in [5.74, 6) is -0.365. The Morgan fingerprint density at radius 2 is 2.22 bits per heavy atom. The zero-order valence-corrected chi connectivity index (χ0v) is 10.7. The van der Waals surface area contributed by atoms with Crippen LogP contribution in [0.3, 0.4) is 0 Å². The van der Waals surface area contributed by atoms with Gasteiger partial charge in [0.2, 0.25) is 0 Å². The highest BCUT2D eigenvalue weighted by atomic mass is 19.1. The van der Waals surface area contributed by atoms with Crippen LogP contribution in [0.15, 0.2) is 18.2 Å². The third kappa shape index (κ3) is 2.70. The number of carbonyl (C=O) groups excluding carboxylic acids is 1. The molecule has 0 aliphatic carbocycles. The summed E-state index contributed by atoms with van der Waals surface area (Å²) in [5.41, 5.74) is 1.16. The Morgan fingerprint density at radius 1 is 1.44 bits per heavy atom. The van der Waals surface area contributed by atoms with Crippen LogP contribution in [-0.2, 0) is 4.74 Å². The van der Waals surface area contributed by atoms with Crippen LogP contribution >= 0.6 is 0 Å². The molecule has 0 aromatic heterocycles. The highest BCUT2D eigenvalue weighted by Gasteiger charge is 2.25. The molecule has 2 atom stereocenters. The molecular formula is C14H18FNO2. The Morgan fingerprint density at radius 3 is 2.83 bits per heavy atom. The SMILES string of the molecule is COC1CCN(c2cc(F)cc(C=O)c2)C(C)C1. The Kier molecular flexibility index (Phi) is 3.97. The van der Waals surface area contributed by atoms with Gasteiger partial charge in [-0.15, -0.1) is 0 Å². The van der Waals surface area contributed by atoms with Gasteiger partial charge in [0.05, 0.1) is 6.10 Å². The van der Waals surface area contributed by atoms with Crippen LogP contribution in [-0.4, -0.2) is 32.1 Å². The standard InChI is InChI=1S/C14H18FNO2/c1-10-5-14(18-2)3-4-16(10)13-7-11(9-17)6-12(15)8-13/h6-10,14H,3-5H2,1-2H3. The molecule has 98 valence electrons. The smallest absolute Gasteiger partial charge is 0.150 e. The summed E-state index contributed by atoms with van der Waals surface area (Å²) in [7, 11) is 1.72. The van der Waals surface area contributed by atoms with E-state index in [0.717, 1.165) is 25.1 Å². The van der Waals surface area contributed by atoms with E-state index >= 15 is 0 Å². The van der Waals surface area contributed by atoms with Crippen molar-refractivity contribution < 1.29 is 13.9 Å². The number of carbonyl (C=O) groups is 1. The molecule has 1 aliphatic heterocycles. The van der Waals surface area contributed by atoms with E-state index in [1.807, 2.05) is 0 Å². The topological polar surface area (TPSA) is 29.5 Å². The van der Waals surface area contributed by atoms with Crippen molar-refractivity contribution in [3.8, 4) is 0 Å². The van der Waals surface area contributed by atoms with Crippen LogP contribution in [0.4, 0.5) is 10.1 Å². The van der Waals surface area contributed by atoms with E-state index < -0.39 is 0 Å². The average molecular weight is 251 g/mol. The fourth-order valence-electron chi connectivity index (χ4n) is 2.56. The molecule has 1 aliphatic rings. The molecule has 0 saturated carbocycles. The van der Waals surface area contributed by atoms with Crippen LogP contribution in [0.1, 0.15) is 30.1 Å². The van der Waals surface area contributed by atoms with E-state index in [-0.39, 0.29) is 18.0 Å². The zero-order chi connectivity index (χ0) is 13.1. The number of ether oxygens (including phenoxy) is 1. The van der Waals surface area contributed by atoms with Crippen molar-refractivity contribution in [1.82, 2.24) is 0 Å². The van der Waals surface area contributed by atoms with E-state index in [4.69, 9.17) is 4.74 Å². The number of nitrogens with zero attached hydrogens (tertiary/aromatic N) is 1. The zero-order valence-electron chi connectivity index (χ0n) is 10.7. The fraction of sp³-hybridized carbons (Fsp3) is 0.500. The lowest BCUT2D eigenvalue weighted by Crippen LogP contribution is -2.43. The summed E-state index contributed by atoms with van der Waals surface area (Å²) in [6.45, 7) is 2.91. The van der Waals surface area contributed by atoms with E-state index in [2.05, 4.69) is 11.8 Å². The summed E-state index contributed by atoms with van der Waals surface area (Å²) in [6, 6.07) is 4.75. The van der Waals surface area contributed by atoms with Gasteiger partial charge in [-0.2, -0.15) is 0 Å². The molecule has 0 radical (unpaired) electrons. The van der Waals surface area contributed by atoms with Crippen molar-refractivity contribution in [3.05, 3.63) is 29.6 Å². The molecule has 0 bridgehead atoms. The van der Waals surface area contributed by atoms with Gasteiger partial charge in [0.15, 0.2) is 0 Å². The van der Waals surface area contributed by atoms with E-state index in [1.165, 1.54) is 12.1 Å². The van der Waals surface area contributed by atoms with E-state index in [0.29, 0.717) is 11.8 Å². The van der Waals surface area contributed by atoms with Gasteiger partial charge in [0.25, 0.3) is 0 Å². The number of hydrogen-bond donors (Lipinski definition) is 0. The van der Waals surface area contributed by atoms with Crippen LogP contribution in [0, 0.1) is 5.82 Å². The summed E-state index contributed by atoms with van der Waals surface area (Å²) in [4.78, 5) is 12.9. The van der Waals surface area contributed by atoms with Crippen molar-refractivity contribution in [2.24, 2.45) is 0 Å². The molecule has 0 N–H and O–H groups in total. The lowest BCUT2D eigenvalue weighted by molar-refractivity contribution is 0.0721. The van der Waals surface area contributed by atoms with Gasteiger partial charge >= 0.3 is 0 Å². The first-order valence-corrected chi connectivity index (χ1v) is 6.19. The van der Waals surface area contributed by atoms with Crippen LogP contribution in [0.2, 0.25) is 0 Å². The molecule has 2 rings (SSSR count). The Labute approximate surface area is 107 Å². The van der Waals surface area contributed by atoms with Gasteiger partial charge in [0.1, 0.15) is 12.1 Å². The molecule has 1 saturated heterocycles. The van der Waals surface area contributed by atoms with Crippen LogP contribution in [0.5, 0.6) is 0 Å². The number of benzene rings is 1. The number of halogens is 1. The maximum Gasteiger partial charge on any atom is 0.150 e. The third-order valence-electron chi connectivity index (χ3n) is 3.53. The molecule has 1 aromatic carbocycles. The number of hydrogen-bond acceptors (Lipinski definition) is 3. The maximum atomic E-state index is 13.4. The molecule has 2 unspecified atom stereocenters. The summed E-state index contributed by atoms with van der Waals surface area (Å²) >= 11 is 0. The minimum Gasteiger partial charge on any atom is -0.381 e. The number of piperidine rings is 1. The Balaban J connectivity index is 2.21. The molecule has 0 amide bonds. The van der Waals surface area contributed by atoms with E-state index in [9.17, 15) is 9.18 Å². The molecule has 1 aromatic rings. The van der Waals surface area contributed by atoms with Crippen molar-refractivity contribution in [1.29, 1.82) is 0 Å². The third-order valence-corrected chi connectivity index (χ3v) is 3.53. The first-order valence-electron chi connectivity index (χ1n) is 6.19. The minimum absolute atomic E-state index is 0.273. The molecule has 1 fully saturated rings. The van der Waals surface area contributed by atoms with Crippen molar-refractivity contribution in [2.45, 2.75) is 31.9 Å². The summed E-state index contributed by atoms with van der Waals surface area (Å²) in [6.07, 6.45) is 2.80. The van der Waals surface area contributed by atoms with Crippen LogP contribution < -0.4 is 4.90 Å². The average Bonchev–Trinajstić information content (AvgIpc) is 2.37. The van der Waals surface area contributed by atoms with Gasteiger partial charge in [-0.25, -0.2) is 4.39 Å². The lowest BCUT2D eigenvalue weighted by Gasteiger charge is -2.38. The molecular weight excluding hydrogens is 233 g/mol. The highest BCUT2D eigenvalue weighted by molar-refractivity contribution is 5.77. The Hall–Kier alpha value is -1.42. The fourth-order valence-corrected chi connectivity index (χ4v) is 2.56. The molecule has 4 heteroatoms. The second kappa shape index (κ2) is 5.48. The number of methoxy groups -OCH3 is 1. The summed E-state index contributed by atoms with van der Waals surface area (Å²) < 4.78 is 18.8. The molecule has 18 heavy (non-hydrogen) atoms. The minimum atomic E-state index is -0.365. The number of anilines is 1. The first-order chi connectivity index (χ1) is 8.63. The van der Waals surface area contributed by atoms with Gasteiger partial charge < -0.3 is 9.64 Å². The van der Waals surface area contributed by atoms with Gasteiger partial charge in [0, 0.05) is 30.9 Å². The van der Waals surface area contributed by atoms with Crippen molar-refractivity contribution in [2.75, 3.05) is 18.6 Å². The largest absolute Gasteiger partial charge is 0.381 e. The second-order valence-corrected chi connectivity index (χ2v) is 4.79. The molecule has 3 nitrogen and oxygen atoms in total. The van der Waals surface area contributed by atoms with Crippen LogP contribution in [0.25, 0.3) is 0 Å². The lowest BCUT2D eigenvalue weighted by atomic mass is 9.99. The quantitative estimate of drug-likeness (QED) is 0.773. The normalized spacial score (nSPS) is 24.1.